The molecule has 1 saturated carbocycles. The van der Waals surface area contributed by atoms with Gasteiger partial charge in [0.15, 0.2) is 0 Å². The van der Waals surface area contributed by atoms with Crippen molar-refractivity contribution in [2.45, 2.75) is 51.4 Å². The fourth-order valence-corrected chi connectivity index (χ4v) is 4.41. The summed E-state index contributed by atoms with van der Waals surface area (Å²) in [6.07, 6.45) is 5.65. The van der Waals surface area contributed by atoms with Gasteiger partial charge in [-0.3, -0.25) is 14.7 Å². The summed E-state index contributed by atoms with van der Waals surface area (Å²) in [5, 5.41) is 11.9. The van der Waals surface area contributed by atoms with E-state index >= 15 is 0 Å². The monoisotopic (exact) mass is 444 g/mol. The first kappa shape index (κ1) is 23.0. The van der Waals surface area contributed by atoms with E-state index in [1.807, 2.05) is 0 Å². The Hall–Kier alpha value is -2.64. The van der Waals surface area contributed by atoms with Gasteiger partial charge in [-0.2, -0.15) is 5.26 Å². The second-order valence-electron chi connectivity index (χ2n) is 7.72. The third-order valence-electron chi connectivity index (χ3n) is 5.39. The molecule has 2 fully saturated rings. The van der Waals surface area contributed by atoms with E-state index in [9.17, 15) is 4.79 Å². The molecule has 1 aliphatic heterocycles. The zero-order valence-corrected chi connectivity index (χ0v) is 18.7. The molecule has 31 heavy (non-hydrogen) atoms. The van der Waals surface area contributed by atoms with E-state index in [0.717, 1.165) is 30.7 Å². The van der Waals surface area contributed by atoms with Crippen LogP contribution in [0.3, 0.4) is 0 Å². The van der Waals surface area contributed by atoms with Crippen LogP contribution in [-0.4, -0.2) is 64.7 Å². The minimum Gasteiger partial charge on any atom is -0.473 e. The summed E-state index contributed by atoms with van der Waals surface area (Å²) < 4.78 is 11.9. The normalized spacial score (nSPS) is 25.9. The smallest absolute Gasteiger partial charge is 0.220 e. The molecule has 1 amide bonds. The van der Waals surface area contributed by atoms with Crippen molar-refractivity contribution in [2.75, 3.05) is 19.0 Å². The molecule has 2 heterocycles. The number of hydrogen-bond donors (Lipinski definition) is 1. The Kier molecular flexibility index (Phi) is 8.26. The van der Waals surface area contributed by atoms with Crippen molar-refractivity contribution in [2.24, 2.45) is 10.9 Å². The van der Waals surface area contributed by atoms with Gasteiger partial charge in [0.1, 0.15) is 18.5 Å². The van der Waals surface area contributed by atoms with Gasteiger partial charge in [0.2, 0.25) is 17.7 Å². The molecule has 0 bridgehead atoms. The van der Waals surface area contributed by atoms with E-state index in [4.69, 9.17) is 14.7 Å². The summed E-state index contributed by atoms with van der Waals surface area (Å²) in [4.78, 5) is 26.7. The first-order chi connectivity index (χ1) is 15.0. The third kappa shape index (κ3) is 6.67. The average Bonchev–Trinajstić information content (AvgIpc) is 3.04. The quantitative estimate of drug-likeness (QED) is 0.432. The van der Waals surface area contributed by atoms with E-state index in [0.29, 0.717) is 30.2 Å². The van der Waals surface area contributed by atoms with Crippen LogP contribution in [-0.2, 0) is 4.79 Å². The lowest BCUT2D eigenvalue weighted by molar-refractivity contribution is -0.118. The summed E-state index contributed by atoms with van der Waals surface area (Å²) in [7, 11) is 0. The molecule has 3 rings (SSSR count). The number of nitrogens with zero attached hydrogens (tertiary/aromatic N) is 5. The Bertz CT molecular complexity index is 858. The van der Waals surface area contributed by atoms with Gasteiger partial charge in [-0.05, 0) is 26.5 Å². The summed E-state index contributed by atoms with van der Waals surface area (Å²) in [5.41, 5.74) is 0. The van der Waals surface area contributed by atoms with Crippen LogP contribution in [0, 0.1) is 17.2 Å². The van der Waals surface area contributed by atoms with Gasteiger partial charge >= 0.3 is 0 Å². The molecular weight excluding hydrogens is 416 g/mol. The summed E-state index contributed by atoms with van der Waals surface area (Å²) in [5.74, 6) is 1.28. The highest BCUT2D eigenvalue weighted by Gasteiger charge is 2.34. The van der Waals surface area contributed by atoms with Crippen molar-refractivity contribution in [1.82, 2.24) is 20.2 Å². The summed E-state index contributed by atoms with van der Waals surface area (Å²) in [6, 6.07) is 4.27. The molecule has 166 valence electrons. The molecule has 1 N–H and O–H groups in total. The van der Waals surface area contributed by atoms with Gasteiger partial charge in [-0.1, -0.05) is 0 Å². The topological polar surface area (TPSA) is 113 Å². The zero-order valence-electron chi connectivity index (χ0n) is 17.9. The van der Waals surface area contributed by atoms with E-state index in [-0.39, 0.29) is 24.0 Å². The molecule has 1 aromatic heterocycles. The van der Waals surface area contributed by atoms with Crippen molar-refractivity contribution >= 4 is 24.4 Å². The number of rotatable bonds is 10. The van der Waals surface area contributed by atoms with Crippen molar-refractivity contribution in [3.05, 3.63) is 23.5 Å². The number of carbonyl (C=O) groups is 1. The molecule has 9 nitrogen and oxygen atoms in total. The van der Waals surface area contributed by atoms with Crippen LogP contribution in [0.4, 0.5) is 0 Å². The van der Waals surface area contributed by atoms with E-state index in [2.05, 4.69) is 44.9 Å². The Morgan fingerprint density at radius 2 is 2.23 bits per heavy atom. The minimum atomic E-state index is -0.103. The molecular formula is C21H28N6O3S. The molecule has 2 aliphatic rings. The van der Waals surface area contributed by atoms with Gasteiger partial charge in [0.25, 0.3) is 0 Å². The predicted octanol–water partition coefficient (Wildman–Crippen LogP) is 2.37. The SMILES string of the molecule is C=N/C=C(/CN1CC(Oc2cc(OC3CCC3C#N)ncn2)CC1C)SCNC(C)=O. The lowest BCUT2D eigenvalue weighted by atomic mass is 9.83. The Morgan fingerprint density at radius 3 is 2.87 bits per heavy atom. The maximum absolute atomic E-state index is 11.1. The third-order valence-corrected chi connectivity index (χ3v) is 6.29. The number of nitrogens with one attached hydrogen (secondary N) is 1. The molecule has 0 aromatic carbocycles. The fourth-order valence-electron chi connectivity index (χ4n) is 3.54. The number of aliphatic imine (C=N–C) groups is 1. The van der Waals surface area contributed by atoms with Crippen LogP contribution in [0.15, 0.2) is 28.5 Å². The minimum absolute atomic E-state index is 0.00778. The lowest BCUT2D eigenvalue weighted by Gasteiger charge is -2.31. The number of nitriles is 1. The number of carbonyl (C=O) groups excluding carboxylic acids is 1. The predicted molar refractivity (Wildman–Crippen MR) is 119 cm³/mol. The first-order valence-corrected chi connectivity index (χ1v) is 11.3. The second-order valence-corrected chi connectivity index (χ2v) is 8.82. The highest BCUT2D eigenvalue weighted by atomic mass is 32.2. The zero-order chi connectivity index (χ0) is 22.2. The van der Waals surface area contributed by atoms with Crippen LogP contribution in [0.1, 0.15) is 33.1 Å². The highest BCUT2D eigenvalue weighted by molar-refractivity contribution is 8.03. The Morgan fingerprint density at radius 1 is 1.45 bits per heavy atom. The van der Waals surface area contributed by atoms with E-state index < -0.39 is 0 Å². The molecule has 1 saturated heterocycles. The van der Waals surface area contributed by atoms with Crippen molar-refractivity contribution in [3.8, 4) is 17.8 Å². The van der Waals surface area contributed by atoms with Gasteiger partial charge in [-0.15, -0.1) is 11.8 Å². The van der Waals surface area contributed by atoms with E-state index in [1.165, 1.54) is 25.0 Å². The number of ether oxygens (including phenoxy) is 2. The van der Waals surface area contributed by atoms with Crippen molar-refractivity contribution in [1.29, 1.82) is 5.26 Å². The molecule has 0 radical (unpaired) electrons. The van der Waals surface area contributed by atoms with Crippen LogP contribution in [0.5, 0.6) is 11.8 Å². The maximum atomic E-state index is 11.1. The first-order valence-electron chi connectivity index (χ1n) is 10.3. The Balaban J connectivity index is 1.53. The lowest BCUT2D eigenvalue weighted by Crippen LogP contribution is -2.35. The Labute approximate surface area is 186 Å². The highest BCUT2D eigenvalue weighted by Crippen LogP contribution is 2.31. The molecule has 1 aliphatic carbocycles. The van der Waals surface area contributed by atoms with Crippen LogP contribution >= 0.6 is 11.8 Å². The maximum Gasteiger partial charge on any atom is 0.220 e. The number of amides is 1. The van der Waals surface area contributed by atoms with E-state index in [1.54, 1.807) is 12.3 Å². The number of likely N-dealkylation sites (tertiary alicyclic amines) is 1. The fraction of sp³-hybridized carbons (Fsp3) is 0.571. The van der Waals surface area contributed by atoms with Crippen molar-refractivity contribution in [3.63, 3.8) is 0 Å². The molecule has 4 unspecified atom stereocenters. The molecule has 0 spiro atoms. The van der Waals surface area contributed by atoms with Crippen molar-refractivity contribution < 1.29 is 14.3 Å². The summed E-state index contributed by atoms with van der Waals surface area (Å²) in [6.45, 7) is 8.66. The molecule has 4 atom stereocenters. The standard InChI is InChI=1S/C21H28N6O3S/c1-14-6-17(10-27(14)11-18(9-23-3)31-13-26-15(2)28)29-20-7-21(25-12-24-20)30-19-5-4-16(19)8-22/h7,9,12,14,16-17,19H,3-6,10-11,13H2,1-2H3,(H,26,28)/b18-9-. The van der Waals surface area contributed by atoms with Gasteiger partial charge in [0.05, 0.1) is 23.9 Å². The van der Waals surface area contributed by atoms with Gasteiger partial charge in [-0.25, -0.2) is 9.97 Å². The average molecular weight is 445 g/mol. The number of hydrogen-bond acceptors (Lipinski definition) is 9. The number of aromatic nitrogens is 2. The van der Waals surface area contributed by atoms with Gasteiger partial charge in [0, 0.05) is 43.6 Å². The summed E-state index contributed by atoms with van der Waals surface area (Å²) >= 11 is 1.54. The van der Waals surface area contributed by atoms with Gasteiger partial charge < -0.3 is 14.8 Å². The van der Waals surface area contributed by atoms with Crippen LogP contribution < -0.4 is 14.8 Å². The molecule has 1 aromatic rings. The van der Waals surface area contributed by atoms with Crippen LogP contribution in [0.25, 0.3) is 0 Å². The second kappa shape index (κ2) is 11.1. The van der Waals surface area contributed by atoms with Crippen LogP contribution in [0.2, 0.25) is 0 Å². The molecule has 10 heteroatoms. The largest absolute Gasteiger partial charge is 0.473 e. The number of thioether (sulfide) groups is 1.